The summed E-state index contributed by atoms with van der Waals surface area (Å²) in [6.45, 7) is 6.40. The Kier molecular flexibility index (Phi) is 8.93. The van der Waals surface area contributed by atoms with E-state index in [2.05, 4.69) is 10.3 Å². The molecule has 0 aliphatic heterocycles. The first-order chi connectivity index (χ1) is 18.4. The lowest BCUT2D eigenvalue weighted by Crippen LogP contribution is -2.39. The number of pyridine rings is 1. The lowest BCUT2D eigenvalue weighted by atomic mass is 9.93. The highest BCUT2D eigenvalue weighted by Gasteiger charge is 2.64. The number of nitrogens with zero attached hydrogens (tertiary/aromatic N) is 1. The Morgan fingerprint density at radius 1 is 1.18 bits per heavy atom. The van der Waals surface area contributed by atoms with E-state index in [0.29, 0.717) is 25.2 Å². The van der Waals surface area contributed by atoms with Gasteiger partial charge in [-0.05, 0) is 63.4 Å². The third-order valence-electron chi connectivity index (χ3n) is 6.76. The van der Waals surface area contributed by atoms with Crippen molar-refractivity contribution < 1.29 is 29.0 Å². The first kappa shape index (κ1) is 27.5. The van der Waals surface area contributed by atoms with E-state index in [-0.39, 0.29) is 37.9 Å². The minimum atomic E-state index is -0.886. The van der Waals surface area contributed by atoms with Gasteiger partial charge in [-0.2, -0.15) is 5.48 Å². The third kappa shape index (κ3) is 6.48. The largest absolute Gasteiger partial charge is 0.489 e. The molecular formula is C29H35N3O6. The summed E-state index contributed by atoms with van der Waals surface area (Å²) in [7, 11) is 0. The van der Waals surface area contributed by atoms with Crippen molar-refractivity contribution in [2.24, 2.45) is 11.3 Å². The molecule has 0 bridgehead atoms. The van der Waals surface area contributed by atoms with E-state index >= 15 is 0 Å². The van der Waals surface area contributed by atoms with Gasteiger partial charge >= 0.3 is 5.97 Å². The Balaban J connectivity index is 1.40. The summed E-state index contributed by atoms with van der Waals surface area (Å²) in [6.07, 6.45) is 0.827. The molecule has 9 nitrogen and oxygen atoms in total. The molecule has 2 aromatic carbocycles. The number of hydrogen-bond donors (Lipinski definition) is 3. The molecule has 3 aromatic rings. The van der Waals surface area contributed by atoms with Crippen LogP contribution in [0.2, 0.25) is 0 Å². The number of hydroxylamine groups is 1. The molecule has 9 heteroatoms. The molecule has 202 valence electrons. The van der Waals surface area contributed by atoms with Crippen molar-refractivity contribution in [3.05, 3.63) is 71.4 Å². The summed E-state index contributed by atoms with van der Waals surface area (Å²) in [5.74, 6) is -0.312. The molecule has 38 heavy (non-hydrogen) atoms. The number of ether oxygens (including phenoxy) is 3. The van der Waals surface area contributed by atoms with Crippen LogP contribution in [0.5, 0.6) is 5.75 Å². The van der Waals surface area contributed by atoms with Gasteiger partial charge in [-0.15, -0.1) is 0 Å². The Labute approximate surface area is 222 Å². The van der Waals surface area contributed by atoms with Gasteiger partial charge in [0.25, 0.3) is 0 Å². The SMILES string of the molecule is CCOC(=O)[C@@]1(Cc2ccc(OCc3cc(C)nc4ccccc34)cc2)C[C@@H]1C(=O)N[C@@H](C)COCNO. The zero-order valence-electron chi connectivity index (χ0n) is 22.0. The van der Waals surface area contributed by atoms with Crippen LogP contribution in [0.3, 0.4) is 0 Å². The normalized spacial score (nSPS) is 19.1. The molecule has 0 radical (unpaired) electrons. The minimum absolute atomic E-state index is 0.0328. The van der Waals surface area contributed by atoms with E-state index in [9.17, 15) is 9.59 Å². The summed E-state index contributed by atoms with van der Waals surface area (Å²) in [5, 5.41) is 12.6. The number of amides is 1. The maximum absolute atomic E-state index is 12.9. The van der Waals surface area contributed by atoms with Gasteiger partial charge in [-0.25, -0.2) is 0 Å². The average Bonchev–Trinajstić information content (AvgIpc) is 3.64. The fourth-order valence-corrected chi connectivity index (χ4v) is 4.83. The number of carbonyl (C=O) groups is 2. The summed E-state index contributed by atoms with van der Waals surface area (Å²) < 4.78 is 16.6. The average molecular weight is 522 g/mol. The van der Waals surface area contributed by atoms with Crippen LogP contribution < -0.4 is 15.5 Å². The van der Waals surface area contributed by atoms with Crippen LogP contribution in [0, 0.1) is 18.3 Å². The standard InChI is InChI=1S/C29H35N3O6/c1-4-37-28(34)29(15-25(29)27(33)32-20(3)16-36-18-30-35)14-21-9-11-23(12-10-21)38-17-22-13-19(2)31-26-8-6-5-7-24(22)26/h5-13,20,25,30,35H,4,14-18H2,1-3H3,(H,32,33)/t20-,25+,29-/m0/s1. The van der Waals surface area contributed by atoms with E-state index in [1.807, 2.05) is 67.0 Å². The first-order valence-electron chi connectivity index (χ1n) is 12.9. The lowest BCUT2D eigenvalue weighted by Gasteiger charge is -2.18. The first-order valence-corrected chi connectivity index (χ1v) is 12.9. The highest BCUT2D eigenvalue weighted by molar-refractivity contribution is 5.94. The zero-order chi connectivity index (χ0) is 27.1. The summed E-state index contributed by atoms with van der Waals surface area (Å²) in [4.78, 5) is 30.4. The zero-order valence-corrected chi connectivity index (χ0v) is 22.0. The molecule has 1 aromatic heterocycles. The predicted molar refractivity (Wildman–Crippen MR) is 141 cm³/mol. The second-order valence-electron chi connectivity index (χ2n) is 9.77. The second kappa shape index (κ2) is 12.3. The van der Waals surface area contributed by atoms with Gasteiger partial charge < -0.3 is 24.7 Å². The molecule has 3 atom stereocenters. The number of carbonyl (C=O) groups excluding carboxylic acids is 2. The van der Waals surface area contributed by atoms with Crippen molar-refractivity contribution in [2.45, 2.75) is 46.3 Å². The van der Waals surface area contributed by atoms with Gasteiger partial charge in [0.05, 0.1) is 30.1 Å². The lowest BCUT2D eigenvalue weighted by molar-refractivity contribution is -0.151. The molecule has 0 saturated heterocycles. The molecular weight excluding hydrogens is 486 g/mol. The number of esters is 1. The highest BCUT2D eigenvalue weighted by Crippen LogP contribution is 2.56. The monoisotopic (exact) mass is 521 g/mol. The Morgan fingerprint density at radius 3 is 2.68 bits per heavy atom. The van der Waals surface area contributed by atoms with Crippen LogP contribution in [0.15, 0.2) is 54.6 Å². The Hall–Kier alpha value is -3.53. The van der Waals surface area contributed by atoms with E-state index in [0.717, 1.165) is 27.7 Å². The molecule has 1 amide bonds. The maximum Gasteiger partial charge on any atom is 0.313 e. The Bertz CT molecular complexity index is 1260. The van der Waals surface area contributed by atoms with Crippen molar-refractivity contribution in [1.82, 2.24) is 15.8 Å². The van der Waals surface area contributed by atoms with Crippen molar-refractivity contribution in [2.75, 3.05) is 19.9 Å². The molecule has 1 saturated carbocycles. The number of aromatic nitrogens is 1. The van der Waals surface area contributed by atoms with Gasteiger partial charge in [-0.1, -0.05) is 30.3 Å². The summed E-state index contributed by atoms with van der Waals surface area (Å²) >= 11 is 0. The van der Waals surface area contributed by atoms with Crippen LogP contribution in [-0.4, -0.2) is 48.1 Å². The van der Waals surface area contributed by atoms with E-state index < -0.39 is 11.3 Å². The summed E-state index contributed by atoms with van der Waals surface area (Å²) in [5.41, 5.74) is 4.89. The number of rotatable bonds is 13. The van der Waals surface area contributed by atoms with Crippen molar-refractivity contribution in [3.63, 3.8) is 0 Å². The van der Waals surface area contributed by atoms with Gasteiger partial charge in [-0.3, -0.25) is 14.6 Å². The molecule has 3 N–H and O–H groups in total. The van der Waals surface area contributed by atoms with Crippen LogP contribution in [0.4, 0.5) is 0 Å². The smallest absolute Gasteiger partial charge is 0.313 e. The summed E-state index contributed by atoms with van der Waals surface area (Å²) in [6, 6.07) is 17.4. The fourth-order valence-electron chi connectivity index (χ4n) is 4.83. The number of fused-ring (bicyclic) bond motifs is 1. The minimum Gasteiger partial charge on any atom is -0.489 e. The van der Waals surface area contributed by atoms with Gasteiger partial charge in [0.2, 0.25) is 5.91 Å². The van der Waals surface area contributed by atoms with Crippen LogP contribution in [0.25, 0.3) is 10.9 Å². The van der Waals surface area contributed by atoms with Crippen LogP contribution >= 0.6 is 0 Å². The van der Waals surface area contributed by atoms with Gasteiger partial charge in [0.1, 0.15) is 19.1 Å². The predicted octanol–water partition coefficient (Wildman–Crippen LogP) is 3.69. The molecule has 1 fully saturated rings. The molecule has 0 unspecified atom stereocenters. The van der Waals surface area contributed by atoms with Crippen molar-refractivity contribution in [3.8, 4) is 5.75 Å². The molecule has 1 heterocycles. The number of benzene rings is 2. The number of aryl methyl sites for hydroxylation is 1. The number of nitrogens with one attached hydrogen (secondary N) is 2. The van der Waals surface area contributed by atoms with Crippen molar-refractivity contribution >= 4 is 22.8 Å². The maximum atomic E-state index is 12.9. The molecule has 1 aliphatic rings. The molecule has 0 spiro atoms. The Morgan fingerprint density at radius 2 is 1.95 bits per heavy atom. The number of hydrogen-bond acceptors (Lipinski definition) is 8. The fraction of sp³-hybridized carbons (Fsp3) is 0.414. The van der Waals surface area contributed by atoms with E-state index in [1.165, 1.54) is 0 Å². The van der Waals surface area contributed by atoms with Crippen LogP contribution in [0.1, 0.15) is 37.1 Å². The molecule has 4 rings (SSSR count). The van der Waals surface area contributed by atoms with Crippen molar-refractivity contribution in [1.29, 1.82) is 0 Å². The van der Waals surface area contributed by atoms with Crippen LogP contribution in [-0.2, 0) is 32.1 Å². The van der Waals surface area contributed by atoms with E-state index in [4.69, 9.17) is 19.4 Å². The molecule has 1 aliphatic carbocycles. The number of para-hydroxylation sites is 1. The van der Waals surface area contributed by atoms with Gasteiger partial charge in [0.15, 0.2) is 0 Å². The third-order valence-corrected chi connectivity index (χ3v) is 6.76. The second-order valence-corrected chi connectivity index (χ2v) is 9.77. The quantitative estimate of drug-likeness (QED) is 0.135. The van der Waals surface area contributed by atoms with E-state index in [1.54, 1.807) is 13.8 Å². The topological polar surface area (TPSA) is 119 Å². The highest BCUT2D eigenvalue weighted by atomic mass is 16.6. The van der Waals surface area contributed by atoms with Gasteiger partial charge in [0, 0.05) is 22.7 Å².